The second kappa shape index (κ2) is 5.96. The fourth-order valence-corrected chi connectivity index (χ4v) is 3.06. The third kappa shape index (κ3) is 2.99. The Balaban J connectivity index is 1.81. The summed E-state index contributed by atoms with van der Waals surface area (Å²) in [5.74, 6) is 0. The lowest BCUT2D eigenvalue weighted by Crippen LogP contribution is -2.19. The Labute approximate surface area is 125 Å². The molecule has 2 atom stereocenters. The minimum Gasteiger partial charge on any atom is -0.387 e. The lowest BCUT2D eigenvalue weighted by Gasteiger charge is -2.28. The maximum atomic E-state index is 10.5. The van der Waals surface area contributed by atoms with Crippen LogP contribution in [0.5, 0.6) is 0 Å². The van der Waals surface area contributed by atoms with Crippen molar-refractivity contribution in [3.05, 3.63) is 64.5 Å². The summed E-state index contributed by atoms with van der Waals surface area (Å²) < 4.78 is 5.87. The predicted octanol–water partition coefficient (Wildman–Crippen LogP) is 3.44. The summed E-state index contributed by atoms with van der Waals surface area (Å²) in [4.78, 5) is 4.39. The lowest BCUT2D eigenvalue weighted by molar-refractivity contribution is 0.00267. The highest BCUT2D eigenvalue weighted by atomic mass is 16.5. The molecule has 21 heavy (non-hydrogen) atoms. The van der Waals surface area contributed by atoms with Gasteiger partial charge < -0.3 is 9.84 Å². The van der Waals surface area contributed by atoms with Crippen LogP contribution >= 0.6 is 0 Å². The van der Waals surface area contributed by atoms with Crippen LogP contribution in [0, 0.1) is 13.8 Å². The number of pyridine rings is 1. The lowest BCUT2D eigenvalue weighted by atomic mass is 9.93. The first-order valence-corrected chi connectivity index (χ1v) is 7.46. The predicted molar refractivity (Wildman–Crippen MR) is 82.1 cm³/mol. The second-order valence-corrected chi connectivity index (χ2v) is 5.77. The van der Waals surface area contributed by atoms with Crippen molar-refractivity contribution in [2.75, 3.05) is 6.61 Å². The summed E-state index contributed by atoms with van der Waals surface area (Å²) in [6.07, 6.45) is 2.66. The molecule has 3 nitrogen and oxygen atoms in total. The van der Waals surface area contributed by atoms with E-state index in [4.69, 9.17) is 4.74 Å². The average molecular weight is 283 g/mol. The van der Waals surface area contributed by atoms with Crippen molar-refractivity contribution < 1.29 is 9.84 Å². The van der Waals surface area contributed by atoms with Crippen LogP contribution in [0.1, 0.15) is 46.6 Å². The highest BCUT2D eigenvalue weighted by Gasteiger charge is 2.25. The quantitative estimate of drug-likeness (QED) is 0.938. The van der Waals surface area contributed by atoms with Gasteiger partial charge in [0.1, 0.15) is 0 Å². The number of nitrogens with zero attached hydrogens (tertiary/aromatic N) is 1. The van der Waals surface area contributed by atoms with Gasteiger partial charge in [0.2, 0.25) is 0 Å². The van der Waals surface area contributed by atoms with E-state index in [0.717, 1.165) is 23.2 Å². The molecule has 1 aromatic heterocycles. The van der Waals surface area contributed by atoms with Gasteiger partial charge in [-0.05, 0) is 42.5 Å². The molecule has 1 N–H and O–H groups in total. The second-order valence-electron chi connectivity index (χ2n) is 5.77. The zero-order valence-corrected chi connectivity index (χ0v) is 12.5. The Morgan fingerprint density at radius 2 is 2.14 bits per heavy atom. The minimum atomic E-state index is -0.596. The molecule has 0 spiro atoms. The fourth-order valence-electron chi connectivity index (χ4n) is 3.06. The maximum Gasteiger partial charge on any atom is 0.0990 e. The largest absolute Gasteiger partial charge is 0.387 e. The Morgan fingerprint density at radius 3 is 2.95 bits per heavy atom. The fraction of sp³-hybridized carbons (Fsp3) is 0.389. The van der Waals surface area contributed by atoms with Crippen molar-refractivity contribution in [2.24, 2.45) is 0 Å². The summed E-state index contributed by atoms with van der Waals surface area (Å²) in [7, 11) is 0. The number of ether oxygens (including phenoxy) is 1. The van der Waals surface area contributed by atoms with Gasteiger partial charge in [0.25, 0.3) is 0 Å². The van der Waals surface area contributed by atoms with Gasteiger partial charge in [0.15, 0.2) is 0 Å². The summed E-state index contributed by atoms with van der Waals surface area (Å²) in [6.45, 7) is 4.72. The molecule has 110 valence electrons. The summed E-state index contributed by atoms with van der Waals surface area (Å²) >= 11 is 0. The van der Waals surface area contributed by atoms with Crippen LogP contribution in [0.2, 0.25) is 0 Å². The number of aliphatic hydroxyl groups is 1. The van der Waals surface area contributed by atoms with Crippen LogP contribution in [0.25, 0.3) is 0 Å². The zero-order chi connectivity index (χ0) is 14.8. The molecule has 0 amide bonds. The first kappa shape index (κ1) is 14.2. The van der Waals surface area contributed by atoms with E-state index in [9.17, 15) is 5.11 Å². The van der Waals surface area contributed by atoms with Gasteiger partial charge in [-0.2, -0.15) is 0 Å². The molecule has 1 aliphatic heterocycles. The van der Waals surface area contributed by atoms with Crippen LogP contribution in [0.3, 0.4) is 0 Å². The van der Waals surface area contributed by atoms with E-state index in [1.807, 2.05) is 19.9 Å². The standard InChI is InChI=1S/C18H21NO2/c1-12-9-13(2)18(19-11-12)16(20)10-17-15-6-4-3-5-14(15)7-8-21-17/h3-6,9,11,16-17,20H,7-8,10H2,1-2H3. The molecule has 1 aromatic carbocycles. The van der Waals surface area contributed by atoms with E-state index < -0.39 is 6.10 Å². The number of hydrogen-bond donors (Lipinski definition) is 1. The number of aryl methyl sites for hydroxylation is 2. The SMILES string of the molecule is Cc1cnc(C(O)CC2OCCc3ccccc32)c(C)c1. The molecule has 2 heterocycles. The van der Waals surface area contributed by atoms with Gasteiger partial charge in [-0.3, -0.25) is 4.98 Å². The number of aliphatic hydroxyl groups excluding tert-OH is 1. The number of hydrogen-bond acceptors (Lipinski definition) is 3. The first-order valence-electron chi connectivity index (χ1n) is 7.46. The molecule has 0 aliphatic carbocycles. The number of benzene rings is 1. The Hall–Kier alpha value is -1.71. The average Bonchev–Trinajstić information content (AvgIpc) is 2.47. The number of aromatic nitrogens is 1. The van der Waals surface area contributed by atoms with E-state index in [2.05, 4.69) is 29.2 Å². The van der Waals surface area contributed by atoms with E-state index in [1.54, 1.807) is 6.20 Å². The van der Waals surface area contributed by atoms with Crippen molar-refractivity contribution >= 4 is 0 Å². The molecule has 1 aliphatic rings. The van der Waals surface area contributed by atoms with Crippen molar-refractivity contribution in [2.45, 2.75) is 38.9 Å². The number of fused-ring (bicyclic) bond motifs is 1. The van der Waals surface area contributed by atoms with Crippen LogP contribution in [-0.2, 0) is 11.2 Å². The molecule has 0 fully saturated rings. The topological polar surface area (TPSA) is 42.4 Å². The first-order chi connectivity index (χ1) is 10.1. The van der Waals surface area contributed by atoms with Gasteiger partial charge >= 0.3 is 0 Å². The molecule has 3 heteroatoms. The molecule has 0 saturated heterocycles. The Morgan fingerprint density at radius 1 is 1.33 bits per heavy atom. The molecular formula is C18H21NO2. The van der Waals surface area contributed by atoms with Crippen molar-refractivity contribution in [1.82, 2.24) is 4.98 Å². The highest BCUT2D eigenvalue weighted by molar-refractivity contribution is 5.32. The van der Waals surface area contributed by atoms with Crippen molar-refractivity contribution in [3.63, 3.8) is 0 Å². The molecule has 0 bridgehead atoms. The van der Waals surface area contributed by atoms with E-state index in [1.165, 1.54) is 11.1 Å². The van der Waals surface area contributed by atoms with Crippen LogP contribution in [-0.4, -0.2) is 16.7 Å². The van der Waals surface area contributed by atoms with Crippen LogP contribution < -0.4 is 0 Å². The molecule has 0 radical (unpaired) electrons. The summed E-state index contributed by atoms with van der Waals surface area (Å²) in [6, 6.07) is 10.4. The molecule has 2 unspecified atom stereocenters. The Kier molecular flexibility index (Phi) is 4.04. The third-order valence-electron chi connectivity index (χ3n) is 4.10. The molecule has 0 saturated carbocycles. The van der Waals surface area contributed by atoms with E-state index in [0.29, 0.717) is 13.0 Å². The maximum absolute atomic E-state index is 10.5. The zero-order valence-electron chi connectivity index (χ0n) is 12.5. The van der Waals surface area contributed by atoms with Gasteiger partial charge in [0, 0.05) is 12.6 Å². The monoisotopic (exact) mass is 283 g/mol. The van der Waals surface area contributed by atoms with Gasteiger partial charge in [-0.1, -0.05) is 30.3 Å². The van der Waals surface area contributed by atoms with Crippen molar-refractivity contribution in [1.29, 1.82) is 0 Å². The van der Waals surface area contributed by atoms with Crippen LogP contribution in [0.4, 0.5) is 0 Å². The molecular weight excluding hydrogens is 262 g/mol. The van der Waals surface area contributed by atoms with Gasteiger partial charge in [0.05, 0.1) is 24.5 Å². The minimum absolute atomic E-state index is 0.0487. The number of rotatable bonds is 3. The van der Waals surface area contributed by atoms with Gasteiger partial charge in [-0.15, -0.1) is 0 Å². The molecule has 2 aromatic rings. The summed E-state index contributed by atoms with van der Waals surface area (Å²) in [5, 5.41) is 10.5. The van der Waals surface area contributed by atoms with E-state index >= 15 is 0 Å². The Bertz CT molecular complexity index is 639. The van der Waals surface area contributed by atoms with Crippen LogP contribution in [0.15, 0.2) is 36.5 Å². The van der Waals surface area contributed by atoms with Gasteiger partial charge in [-0.25, -0.2) is 0 Å². The van der Waals surface area contributed by atoms with E-state index in [-0.39, 0.29) is 6.10 Å². The normalized spacial score (nSPS) is 19.1. The third-order valence-corrected chi connectivity index (χ3v) is 4.10. The highest BCUT2D eigenvalue weighted by Crippen LogP contribution is 2.34. The smallest absolute Gasteiger partial charge is 0.0990 e. The van der Waals surface area contributed by atoms with Crippen molar-refractivity contribution in [3.8, 4) is 0 Å². The molecule has 3 rings (SSSR count). The summed E-state index contributed by atoms with van der Waals surface area (Å²) in [5.41, 5.74) is 5.43.